The Kier molecular flexibility index (Phi) is 8.40. The van der Waals surface area contributed by atoms with Gasteiger partial charge in [-0.3, -0.25) is 9.59 Å². The number of amides is 2. The number of ether oxygens (including phenoxy) is 1. The molecule has 0 fully saturated rings. The normalized spacial score (nSPS) is 12.1. The van der Waals surface area contributed by atoms with E-state index in [2.05, 4.69) is 5.32 Å². The van der Waals surface area contributed by atoms with Gasteiger partial charge in [0.15, 0.2) is 0 Å². The number of rotatable bonds is 9. The summed E-state index contributed by atoms with van der Waals surface area (Å²) in [7, 11) is 0. The molecule has 1 rings (SSSR count). The fourth-order valence-electron chi connectivity index (χ4n) is 2.20. The molecule has 0 aliphatic carbocycles. The second-order valence-electron chi connectivity index (χ2n) is 6.01. The summed E-state index contributed by atoms with van der Waals surface area (Å²) in [6.45, 7) is 8.37. The van der Waals surface area contributed by atoms with Crippen molar-refractivity contribution >= 4 is 11.8 Å². The Balaban J connectivity index is 2.52. The Morgan fingerprint density at radius 2 is 1.83 bits per heavy atom. The molecule has 2 amide bonds. The van der Waals surface area contributed by atoms with Crippen molar-refractivity contribution in [2.24, 2.45) is 0 Å². The molecular weight excluding hydrogens is 311 g/mol. The number of halogens is 1. The highest BCUT2D eigenvalue weighted by Crippen LogP contribution is 2.10. The third-order valence-corrected chi connectivity index (χ3v) is 3.59. The molecule has 1 unspecified atom stereocenters. The molecule has 0 radical (unpaired) electrons. The van der Waals surface area contributed by atoms with Crippen molar-refractivity contribution in [3.05, 3.63) is 35.6 Å². The largest absolute Gasteiger partial charge is 0.379 e. The summed E-state index contributed by atoms with van der Waals surface area (Å²) in [5, 5.41) is 2.81. The molecule has 0 bridgehead atoms. The van der Waals surface area contributed by atoms with Gasteiger partial charge in [-0.15, -0.1) is 0 Å². The van der Waals surface area contributed by atoms with Crippen LogP contribution in [-0.4, -0.2) is 42.0 Å². The van der Waals surface area contributed by atoms with Crippen molar-refractivity contribution in [2.45, 2.75) is 52.8 Å². The van der Waals surface area contributed by atoms with E-state index >= 15 is 0 Å². The summed E-state index contributed by atoms with van der Waals surface area (Å²) in [5.41, 5.74) is 0.775. The van der Waals surface area contributed by atoms with Gasteiger partial charge >= 0.3 is 0 Å². The molecule has 6 heteroatoms. The first kappa shape index (κ1) is 20.1. The van der Waals surface area contributed by atoms with Crippen molar-refractivity contribution < 1.29 is 18.7 Å². The van der Waals surface area contributed by atoms with Crippen molar-refractivity contribution in [1.29, 1.82) is 0 Å². The predicted octanol–water partition coefficient (Wildman–Crippen LogP) is 2.49. The lowest BCUT2D eigenvalue weighted by molar-refractivity contribution is -0.139. The molecule has 0 spiro atoms. The number of nitrogens with zero attached hydrogens (tertiary/aromatic N) is 1. The molecule has 1 aromatic rings. The zero-order chi connectivity index (χ0) is 18.1. The summed E-state index contributed by atoms with van der Waals surface area (Å²) in [4.78, 5) is 25.6. The molecule has 5 nitrogen and oxygen atoms in total. The Morgan fingerprint density at radius 1 is 1.21 bits per heavy atom. The number of nitrogens with one attached hydrogen (secondary N) is 1. The zero-order valence-corrected chi connectivity index (χ0v) is 14.8. The second-order valence-corrected chi connectivity index (χ2v) is 6.01. The molecule has 1 aromatic carbocycles. The Bertz CT molecular complexity index is 532. The van der Waals surface area contributed by atoms with Gasteiger partial charge < -0.3 is 15.0 Å². The van der Waals surface area contributed by atoms with Gasteiger partial charge in [-0.1, -0.05) is 12.1 Å². The first-order chi connectivity index (χ1) is 11.3. The van der Waals surface area contributed by atoms with E-state index in [4.69, 9.17) is 4.74 Å². The maximum Gasteiger partial charge on any atom is 0.242 e. The lowest BCUT2D eigenvalue weighted by atomic mass is 10.1. The fraction of sp³-hybridized carbons (Fsp3) is 0.556. The Hall–Kier alpha value is -1.95. The van der Waals surface area contributed by atoms with E-state index in [1.807, 2.05) is 13.8 Å². The summed E-state index contributed by atoms with van der Waals surface area (Å²) >= 11 is 0. The zero-order valence-electron chi connectivity index (χ0n) is 14.8. The van der Waals surface area contributed by atoms with Gasteiger partial charge in [0, 0.05) is 26.6 Å². The van der Waals surface area contributed by atoms with Gasteiger partial charge in [0.2, 0.25) is 11.8 Å². The average Bonchev–Trinajstić information content (AvgIpc) is 2.52. The molecular formula is C18H27FN2O3. The van der Waals surface area contributed by atoms with Crippen LogP contribution in [0.4, 0.5) is 4.39 Å². The predicted molar refractivity (Wildman–Crippen MR) is 90.8 cm³/mol. The van der Waals surface area contributed by atoms with Crippen LogP contribution < -0.4 is 5.32 Å². The second kappa shape index (κ2) is 10.0. The topological polar surface area (TPSA) is 58.6 Å². The van der Waals surface area contributed by atoms with E-state index in [1.165, 1.54) is 24.0 Å². The molecule has 0 aliphatic rings. The van der Waals surface area contributed by atoms with Crippen molar-refractivity contribution in [3.8, 4) is 0 Å². The number of carbonyl (C=O) groups is 2. The SMILES string of the molecule is CC(=O)N(Cc1ccc(F)cc1)C(C)C(=O)NCCCOC(C)C. The minimum atomic E-state index is -0.599. The molecule has 0 aliphatic heterocycles. The number of benzene rings is 1. The van der Waals surface area contributed by atoms with Crippen molar-refractivity contribution in [3.63, 3.8) is 0 Å². The van der Waals surface area contributed by atoms with E-state index in [1.54, 1.807) is 19.1 Å². The molecule has 0 aromatic heterocycles. The summed E-state index contributed by atoms with van der Waals surface area (Å²) < 4.78 is 18.4. The Morgan fingerprint density at radius 3 is 2.38 bits per heavy atom. The highest BCUT2D eigenvalue weighted by Gasteiger charge is 2.23. The van der Waals surface area contributed by atoms with Crippen LogP contribution in [0.15, 0.2) is 24.3 Å². The van der Waals surface area contributed by atoms with Gasteiger partial charge in [-0.05, 0) is 44.9 Å². The maximum atomic E-state index is 13.0. The Labute approximate surface area is 143 Å². The van der Waals surface area contributed by atoms with Crippen LogP contribution in [0.5, 0.6) is 0 Å². The third-order valence-electron chi connectivity index (χ3n) is 3.59. The molecule has 1 N–H and O–H groups in total. The molecule has 24 heavy (non-hydrogen) atoms. The highest BCUT2D eigenvalue weighted by molar-refractivity contribution is 5.86. The quantitative estimate of drug-likeness (QED) is 0.704. The fourth-order valence-corrected chi connectivity index (χ4v) is 2.20. The van der Waals surface area contributed by atoms with Gasteiger partial charge in [-0.25, -0.2) is 4.39 Å². The standard InChI is InChI=1S/C18H27FN2O3/c1-13(2)24-11-5-10-20-18(23)14(3)21(15(4)22)12-16-6-8-17(19)9-7-16/h6-9,13-14H,5,10-12H2,1-4H3,(H,20,23). The highest BCUT2D eigenvalue weighted by atomic mass is 19.1. The van der Waals surface area contributed by atoms with Gasteiger partial charge in [0.25, 0.3) is 0 Å². The summed E-state index contributed by atoms with van der Waals surface area (Å²) in [5.74, 6) is -0.746. The van der Waals surface area contributed by atoms with Crippen LogP contribution in [0.1, 0.15) is 39.7 Å². The minimum absolute atomic E-state index is 0.170. The molecule has 0 heterocycles. The number of carbonyl (C=O) groups excluding carboxylic acids is 2. The van der Waals surface area contributed by atoms with Gasteiger partial charge in [0.1, 0.15) is 11.9 Å². The molecule has 134 valence electrons. The van der Waals surface area contributed by atoms with Gasteiger partial charge in [-0.2, -0.15) is 0 Å². The van der Waals surface area contributed by atoms with Crippen molar-refractivity contribution in [1.82, 2.24) is 10.2 Å². The lowest BCUT2D eigenvalue weighted by Crippen LogP contribution is -2.47. The minimum Gasteiger partial charge on any atom is -0.379 e. The van der Waals surface area contributed by atoms with Gasteiger partial charge in [0.05, 0.1) is 6.10 Å². The van der Waals surface area contributed by atoms with Crippen LogP contribution in [0.3, 0.4) is 0 Å². The van der Waals surface area contributed by atoms with E-state index in [-0.39, 0.29) is 30.3 Å². The number of hydrogen-bond acceptors (Lipinski definition) is 3. The molecule has 1 atom stereocenters. The smallest absolute Gasteiger partial charge is 0.242 e. The van der Waals surface area contributed by atoms with Crippen LogP contribution in [0, 0.1) is 5.82 Å². The molecule has 0 saturated heterocycles. The first-order valence-electron chi connectivity index (χ1n) is 8.22. The lowest BCUT2D eigenvalue weighted by Gasteiger charge is -2.27. The third kappa shape index (κ3) is 7.08. The van der Waals surface area contributed by atoms with Crippen LogP contribution in [0.2, 0.25) is 0 Å². The van der Waals surface area contributed by atoms with E-state index in [9.17, 15) is 14.0 Å². The van der Waals surface area contributed by atoms with Crippen LogP contribution in [-0.2, 0) is 20.9 Å². The molecule has 0 saturated carbocycles. The van der Waals surface area contributed by atoms with Crippen LogP contribution in [0.25, 0.3) is 0 Å². The summed E-state index contributed by atoms with van der Waals surface area (Å²) in [6, 6.07) is 5.30. The van der Waals surface area contributed by atoms with Crippen molar-refractivity contribution in [2.75, 3.05) is 13.2 Å². The maximum absolute atomic E-state index is 13.0. The van der Waals surface area contributed by atoms with E-state index < -0.39 is 6.04 Å². The first-order valence-corrected chi connectivity index (χ1v) is 8.22. The monoisotopic (exact) mass is 338 g/mol. The van der Waals surface area contributed by atoms with E-state index in [0.717, 1.165) is 5.56 Å². The average molecular weight is 338 g/mol. The van der Waals surface area contributed by atoms with E-state index in [0.29, 0.717) is 19.6 Å². The number of hydrogen-bond donors (Lipinski definition) is 1. The van der Waals surface area contributed by atoms with Crippen LogP contribution >= 0.6 is 0 Å². The summed E-state index contributed by atoms with van der Waals surface area (Å²) in [6.07, 6.45) is 0.887.